The van der Waals surface area contributed by atoms with Crippen LogP contribution in [0.2, 0.25) is 0 Å². The Morgan fingerprint density at radius 1 is 1.25 bits per heavy atom. The smallest absolute Gasteiger partial charge is 0.0681 e. The Kier molecular flexibility index (Phi) is 3.61. The molecule has 0 saturated heterocycles. The zero-order chi connectivity index (χ0) is 8.81. The fourth-order valence-corrected chi connectivity index (χ4v) is 0.997. The van der Waals surface area contributed by atoms with Crippen LogP contribution < -0.4 is 5.32 Å². The van der Waals surface area contributed by atoms with Gasteiger partial charge in [-0.25, -0.2) is 0 Å². The molecule has 1 rings (SSSR count). The van der Waals surface area contributed by atoms with E-state index in [2.05, 4.69) is 12.2 Å². The van der Waals surface area contributed by atoms with Gasteiger partial charge in [-0.15, -0.1) is 0 Å². The molecule has 0 fully saturated rings. The van der Waals surface area contributed by atoms with Crippen LogP contribution in [0.1, 0.15) is 18.9 Å². The molecule has 0 bridgehead atoms. The zero-order valence-corrected chi connectivity index (χ0v) is 7.38. The van der Waals surface area contributed by atoms with Gasteiger partial charge in [-0.2, -0.15) is 0 Å². The molecule has 0 unspecified atom stereocenters. The van der Waals surface area contributed by atoms with Crippen molar-refractivity contribution >= 4 is 5.69 Å². The number of nitrogens with one attached hydrogen (secondary N) is 1. The Morgan fingerprint density at radius 3 is 2.42 bits per heavy atom. The molecule has 0 spiro atoms. The van der Waals surface area contributed by atoms with Crippen molar-refractivity contribution in [3.63, 3.8) is 0 Å². The number of aliphatic hydroxyl groups excluding tert-OH is 1. The highest BCUT2D eigenvalue weighted by Crippen LogP contribution is 2.08. The number of hydrogen-bond donors (Lipinski definition) is 2. The third-order valence-corrected chi connectivity index (χ3v) is 1.72. The SMILES string of the molecule is CCCNc1ccc(CO)cc1. The molecule has 1 aromatic carbocycles. The average Bonchev–Trinajstić information content (AvgIpc) is 2.15. The number of benzene rings is 1. The molecule has 0 aliphatic rings. The van der Waals surface area contributed by atoms with Gasteiger partial charge in [0.2, 0.25) is 0 Å². The molecule has 0 aliphatic carbocycles. The summed E-state index contributed by atoms with van der Waals surface area (Å²) in [5.74, 6) is 0. The van der Waals surface area contributed by atoms with Crippen molar-refractivity contribution in [1.29, 1.82) is 0 Å². The van der Waals surface area contributed by atoms with Crippen LogP contribution in [0.4, 0.5) is 5.69 Å². The van der Waals surface area contributed by atoms with E-state index in [0.29, 0.717) is 0 Å². The van der Waals surface area contributed by atoms with Gasteiger partial charge in [0.05, 0.1) is 6.61 Å². The van der Waals surface area contributed by atoms with E-state index in [-0.39, 0.29) is 6.61 Å². The van der Waals surface area contributed by atoms with Gasteiger partial charge in [0, 0.05) is 12.2 Å². The van der Waals surface area contributed by atoms with E-state index in [1.54, 1.807) is 0 Å². The molecule has 0 aromatic heterocycles. The minimum atomic E-state index is 0.119. The number of aliphatic hydroxyl groups is 1. The highest BCUT2D eigenvalue weighted by molar-refractivity contribution is 5.44. The van der Waals surface area contributed by atoms with Crippen molar-refractivity contribution in [3.05, 3.63) is 29.8 Å². The van der Waals surface area contributed by atoms with Crippen molar-refractivity contribution in [3.8, 4) is 0 Å². The number of hydrogen-bond acceptors (Lipinski definition) is 2. The first-order chi connectivity index (χ1) is 5.86. The molecule has 2 heteroatoms. The predicted octanol–water partition coefficient (Wildman–Crippen LogP) is 2.00. The predicted molar refractivity (Wildman–Crippen MR) is 51.1 cm³/mol. The molecule has 0 saturated carbocycles. The minimum Gasteiger partial charge on any atom is -0.392 e. The molecule has 1 aromatic rings. The first-order valence-corrected chi connectivity index (χ1v) is 4.30. The fourth-order valence-electron chi connectivity index (χ4n) is 0.997. The van der Waals surface area contributed by atoms with E-state index >= 15 is 0 Å². The topological polar surface area (TPSA) is 32.3 Å². The maximum atomic E-state index is 8.78. The van der Waals surface area contributed by atoms with Gasteiger partial charge < -0.3 is 10.4 Å². The molecule has 12 heavy (non-hydrogen) atoms. The molecule has 0 radical (unpaired) electrons. The van der Waals surface area contributed by atoms with Gasteiger partial charge in [-0.3, -0.25) is 0 Å². The van der Waals surface area contributed by atoms with Gasteiger partial charge in [0.1, 0.15) is 0 Å². The zero-order valence-electron chi connectivity index (χ0n) is 7.38. The summed E-state index contributed by atoms with van der Waals surface area (Å²) in [5, 5.41) is 12.0. The lowest BCUT2D eigenvalue weighted by Crippen LogP contribution is -1.99. The van der Waals surface area contributed by atoms with Crippen molar-refractivity contribution in [2.45, 2.75) is 20.0 Å². The van der Waals surface area contributed by atoms with E-state index in [0.717, 1.165) is 24.2 Å². The number of anilines is 1. The van der Waals surface area contributed by atoms with Gasteiger partial charge >= 0.3 is 0 Å². The second-order valence-corrected chi connectivity index (χ2v) is 2.78. The minimum absolute atomic E-state index is 0.119. The summed E-state index contributed by atoms with van der Waals surface area (Å²) in [6.07, 6.45) is 1.13. The lowest BCUT2D eigenvalue weighted by Gasteiger charge is -2.04. The molecule has 0 amide bonds. The van der Waals surface area contributed by atoms with E-state index in [4.69, 9.17) is 5.11 Å². The Bertz CT molecular complexity index is 218. The van der Waals surface area contributed by atoms with Crippen LogP contribution in [0.5, 0.6) is 0 Å². The monoisotopic (exact) mass is 165 g/mol. The third kappa shape index (κ3) is 2.55. The maximum absolute atomic E-state index is 8.78. The van der Waals surface area contributed by atoms with Crippen LogP contribution in [0, 0.1) is 0 Å². The van der Waals surface area contributed by atoms with Crippen LogP contribution >= 0.6 is 0 Å². The van der Waals surface area contributed by atoms with E-state index < -0.39 is 0 Å². The van der Waals surface area contributed by atoms with E-state index in [9.17, 15) is 0 Å². The Labute approximate surface area is 73.2 Å². The number of rotatable bonds is 4. The second-order valence-electron chi connectivity index (χ2n) is 2.78. The second kappa shape index (κ2) is 4.78. The van der Waals surface area contributed by atoms with E-state index in [1.165, 1.54) is 0 Å². The normalized spacial score (nSPS) is 9.83. The van der Waals surface area contributed by atoms with Gasteiger partial charge in [0.15, 0.2) is 0 Å². The van der Waals surface area contributed by atoms with Crippen LogP contribution in [0.25, 0.3) is 0 Å². The van der Waals surface area contributed by atoms with Gasteiger partial charge in [-0.1, -0.05) is 19.1 Å². The Balaban J connectivity index is 2.53. The molecule has 0 aliphatic heterocycles. The Hall–Kier alpha value is -1.02. The summed E-state index contributed by atoms with van der Waals surface area (Å²) in [7, 11) is 0. The van der Waals surface area contributed by atoms with Crippen molar-refractivity contribution in [2.75, 3.05) is 11.9 Å². The third-order valence-electron chi connectivity index (χ3n) is 1.72. The van der Waals surface area contributed by atoms with Crippen LogP contribution in [0.3, 0.4) is 0 Å². The molecule has 2 nitrogen and oxygen atoms in total. The maximum Gasteiger partial charge on any atom is 0.0681 e. The van der Waals surface area contributed by atoms with Crippen molar-refractivity contribution in [1.82, 2.24) is 0 Å². The quantitative estimate of drug-likeness (QED) is 0.715. The highest BCUT2D eigenvalue weighted by Gasteiger charge is 1.90. The molecule has 2 N–H and O–H groups in total. The summed E-state index contributed by atoms with van der Waals surface area (Å²) >= 11 is 0. The fraction of sp³-hybridized carbons (Fsp3) is 0.400. The first kappa shape index (κ1) is 9.07. The van der Waals surface area contributed by atoms with Crippen LogP contribution in [0.15, 0.2) is 24.3 Å². The van der Waals surface area contributed by atoms with E-state index in [1.807, 2.05) is 24.3 Å². The lowest BCUT2D eigenvalue weighted by atomic mass is 10.2. The summed E-state index contributed by atoms with van der Waals surface area (Å²) in [4.78, 5) is 0. The summed E-state index contributed by atoms with van der Waals surface area (Å²) < 4.78 is 0. The summed E-state index contributed by atoms with van der Waals surface area (Å²) in [6, 6.07) is 7.83. The van der Waals surface area contributed by atoms with Crippen molar-refractivity contribution in [2.24, 2.45) is 0 Å². The molecular weight excluding hydrogens is 150 g/mol. The molecule has 66 valence electrons. The van der Waals surface area contributed by atoms with Crippen LogP contribution in [-0.4, -0.2) is 11.7 Å². The standard InChI is InChI=1S/C10H15NO/c1-2-7-11-10-5-3-9(8-12)4-6-10/h3-6,11-12H,2,7-8H2,1H3. The molecule has 0 atom stereocenters. The average molecular weight is 165 g/mol. The van der Waals surface area contributed by atoms with Crippen LogP contribution in [-0.2, 0) is 6.61 Å². The highest BCUT2D eigenvalue weighted by atomic mass is 16.3. The van der Waals surface area contributed by atoms with Gasteiger partial charge in [-0.05, 0) is 24.1 Å². The lowest BCUT2D eigenvalue weighted by molar-refractivity contribution is 0.282. The summed E-state index contributed by atoms with van der Waals surface area (Å²) in [6.45, 7) is 3.25. The Morgan fingerprint density at radius 2 is 1.92 bits per heavy atom. The largest absolute Gasteiger partial charge is 0.392 e. The first-order valence-electron chi connectivity index (χ1n) is 4.30. The van der Waals surface area contributed by atoms with Crippen molar-refractivity contribution < 1.29 is 5.11 Å². The summed E-state index contributed by atoms with van der Waals surface area (Å²) in [5.41, 5.74) is 2.08. The molecular formula is C10H15NO. The molecule has 0 heterocycles. The van der Waals surface area contributed by atoms with Gasteiger partial charge in [0.25, 0.3) is 0 Å².